The van der Waals surface area contributed by atoms with Crippen LogP contribution in [0.1, 0.15) is 41.9 Å². The molecular formula is C21H33IN6OS. The first kappa shape index (κ1) is 24.8. The average Bonchev–Trinajstić information content (AvgIpc) is 3.01. The molecule has 2 aromatic heterocycles. The monoisotopic (exact) mass is 544 g/mol. The van der Waals surface area contributed by atoms with Gasteiger partial charge in [-0.3, -0.25) is 0 Å². The number of pyridine rings is 1. The fraction of sp³-hybridized carbons (Fsp3) is 0.571. The van der Waals surface area contributed by atoms with Gasteiger partial charge in [-0.2, -0.15) is 0 Å². The minimum atomic E-state index is 0. The van der Waals surface area contributed by atoms with E-state index < -0.39 is 0 Å². The molecule has 0 bridgehead atoms. The van der Waals surface area contributed by atoms with Crippen LogP contribution in [0.15, 0.2) is 23.3 Å². The Hall–Kier alpha value is -1.46. The molecule has 2 aromatic rings. The van der Waals surface area contributed by atoms with Gasteiger partial charge in [-0.15, -0.1) is 35.3 Å². The first-order valence-electron chi connectivity index (χ1n) is 10.2. The van der Waals surface area contributed by atoms with E-state index >= 15 is 0 Å². The summed E-state index contributed by atoms with van der Waals surface area (Å²) in [6.45, 7) is 14.2. The van der Waals surface area contributed by atoms with Crippen LogP contribution in [0.5, 0.6) is 0 Å². The minimum absolute atomic E-state index is 0. The number of ether oxygens (including phenoxy) is 1. The van der Waals surface area contributed by atoms with Gasteiger partial charge in [-0.05, 0) is 46.2 Å². The second-order valence-corrected chi connectivity index (χ2v) is 8.76. The second-order valence-electron chi connectivity index (χ2n) is 7.48. The van der Waals surface area contributed by atoms with E-state index in [9.17, 15) is 0 Å². The van der Waals surface area contributed by atoms with E-state index in [0.29, 0.717) is 6.54 Å². The lowest BCUT2D eigenvalue weighted by Gasteiger charge is -2.36. The fourth-order valence-electron chi connectivity index (χ4n) is 3.48. The standard InChI is InChI=1S/C21H32N6OS.HI/c1-6-22-21(25-11-19-16(4)26-17(5)29-19)24-10-18-7-8-20(23-9-18)27-12-14(2)28-15(3)13-27;/h7-9,14-15H,6,10-13H2,1-5H3,(H2,22,24,25);1H. The molecular weight excluding hydrogens is 511 g/mol. The van der Waals surface area contributed by atoms with Crippen molar-refractivity contribution in [2.75, 3.05) is 24.5 Å². The van der Waals surface area contributed by atoms with E-state index in [0.717, 1.165) is 54.2 Å². The molecule has 1 saturated heterocycles. The summed E-state index contributed by atoms with van der Waals surface area (Å²) in [6.07, 6.45) is 2.37. The van der Waals surface area contributed by atoms with Crippen LogP contribution in [0.2, 0.25) is 0 Å². The van der Waals surface area contributed by atoms with E-state index in [2.05, 4.69) is 58.4 Å². The molecule has 2 unspecified atom stereocenters. The summed E-state index contributed by atoms with van der Waals surface area (Å²) in [4.78, 5) is 17.4. The summed E-state index contributed by atoms with van der Waals surface area (Å²) in [5.74, 6) is 1.80. The number of hydrogen-bond donors (Lipinski definition) is 2. The highest BCUT2D eigenvalue weighted by atomic mass is 127. The molecule has 0 saturated carbocycles. The number of thiazole rings is 1. The van der Waals surface area contributed by atoms with Crippen LogP contribution in [-0.2, 0) is 17.8 Å². The molecule has 1 aliphatic heterocycles. The maximum absolute atomic E-state index is 5.81. The van der Waals surface area contributed by atoms with E-state index in [1.165, 1.54) is 4.88 Å². The zero-order chi connectivity index (χ0) is 20.8. The van der Waals surface area contributed by atoms with Gasteiger partial charge in [0.25, 0.3) is 0 Å². The molecule has 0 spiro atoms. The van der Waals surface area contributed by atoms with Crippen molar-refractivity contribution in [1.82, 2.24) is 20.6 Å². The predicted molar refractivity (Wildman–Crippen MR) is 135 cm³/mol. The number of aryl methyl sites for hydroxylation is 2. The zero-order valence-electron chi connectivity index (χ0n) is 18.4. The quantitative estimate of drug-likeness (QED) is 0.329. The molecule has 7 nitrogen and oxygen atoms in total. The maximum atomic E-state index is 5.81. The SMILES string of the molecule is CCNC(=NCc1ccc(N2CC(C)OC(C)C2)nc1)NCc1sc(C)nc1C.I. The number of halogens is 1. The van der Waals surface area contributed by atoms with Crippen LogP contribution in [0, 0.1) is 13.8 Å². The predicted octanol–water partition coefficient (Wildman–Crippen LogP) is 3.64. The smallest absolute Gasteiger partial charge is 0.191 e. The summed E-state index contributed by atoms with van der Waals surface area (Å²) < 4.78 is 5.81. The van der Waals surface area contributed by atoms with E-state index in [1.54, 1.807) is 11.3 Å². The van der Waals surface area contributed by atoms with Gasteiger partial charge in [-0.1, -0.05) is 6.07 Å². The van der Waals surface area contributed by atoms with Crippen molar-refractivity contribution in [2.45, 2.75) is 59.9 Å². The fourth-order valence-corrected chi connectivity index (χ4v) is 4.35. The van der Waals surface area contributed by atoms with Crippen LogP contribution in [0.3, 0.4) is 0 Å². The topological polar surface area (TPSA) is 74.7 Å². The summed E-state index contributed by atoms with van der Waals surface area (Å²) in [5.41, 5.74) is 2.17. The summed E-state index contributed by atoms with van der Waals surface area (Å²) >= 11 is 1.72. The van der Waals surface area contributed by atoms with E-state index in [-0.39, 0.29) is 36.2 Å². The lowest BCUT2D eigenvalue weighted by molar-refractivity contribution is -0.00545. The van der Waals surface area contributed by atoms with Gasteiger partial charge in [-0.25, -0.2) is 15.0 Å². The highest BCUT2D eigenvalue weighted by molar-refractivity contribution is 14.0. The number of guanidine groups is 1. The number of aliphatic imine (C=N–C) groups is 1. The summed E-state index contributed by atoms with van der Waals surface area (Å²) in [5, 5.41) is 7.80. The molecule has 0 amide bonds. The number of morpholine rings is 1. The highest BCUT2D eigenvalue weighted by Gasteiger charge is 2.22. The van der Waals surface area contributed by atoms with Gasteiger partial charge in [0.1, 0.15) is 5.82 Å². The Morgan fingerprint density at radius 2 is 1.97 bits per heavy atom. The van der Waals surface area contributed by atoms with Crippen LogP contribution in [-0.4, -0.2) is 47.8 Å². The Bertz CT molecular complexity index is 815. The van der Waals surface area contributed by atoms with Crippen molar-refractivity contribution < 1.29 is 4.74 Å². The Kier molecular flexibility index (Phi) is 9.76. The van der Waals surface area contributed by atoms with Crippen LogP contribution < -0.4 is 15.5 Å². The molecule has 3 rings (SSSR count). The van der Waals surface area contributed by atoms with Crippen molar-refractivity contribution in [3.05, 3.63) is 39.5 Å². The third-order valence-corrected chi connectivity index (χ3v) is 5.81. The molecule has 1 aliphatic rings. The molecule has 0 radical (unpaired) electrons. The Morgan fingerprint density at radius 1 is 1.23 bits per heavy atom. The minimum Gasteiger partial charge on any atom is -0.372 e. The number of hydrogen-bond acceptors (Lipinski definition) is 6. The maximum Gasteiger partial charge on any atom is 0.191 e. The lowest BCUT2D eigenvalue weighted by Crippen LogP contribution is -2.45. The van der Waals surface area contributed by atoms with Crippen LogP contribution in [0.4, 0.5) is 5.82 Å². The third kappa shape index (κ3) is 7.05. The van der Waals surface area contributed by atoms with E-state index in [4.69, 9.17) is 9.73 Å². The van der Waals surface area contributed by atoms with Crippen molar-refractivity contribution in [3.63, 3.8) is 0 Å². The summed E-state index contributed by atoms with van der Waals surface area (Å²) in [6, 6.07) is 4.19. The van der Waals surface area contributed by atoms with Gasteiger partial charge < -0.3 is 20.3 Å². The second kappa shape index (κ2) is 11.8. The van der Waals surface area contributed by atoms with Crippen LogP contribution >= 0.6 is 35.3 Å². The molecule has 0 aromatic carbocycles. The Balaban J connectivity index is 0.00000320. The number of rotatable bonds is 6. The van der Waals surface area contributed by atoms with Crippen molar-refractivity contribution in [2.24, 2.45) is 4.99 Å². The van der Waals surface area contributed by atoms with Crippen LogP contribution in [0.25, 0.3) is 0 Å². The third-order valence-electron chi connectivity index (χ3n) is 4.73. The highest BCUT2D eigenvalue weighted by Crippen LogP contribution is 2.19. The largest absolute Gasteiger partial charge is 0.372 e. The number of nitrogens with one attached hydrogen (secondary N) is 2. The van der Waals surface area contributed by atoms with Crippen molar-refractivity contribution >= 4 is 47.1 Å². The zero-order valence-corrected chi connectivity index (χ0v) is 21.6. The molecule has 9 heteroatoms. The molecule has 3 heterocycles. The molecule has 1 fully saturated rings. The molecule has 2 N–H and O–H groups in total. The molecule has 2 atom stereocenters. The van der Waals surface area contributed by atoms with Gasteiger partial charge in [0, 0.05) is 30.7 Å². The molecule has 166 valence electrons. The van der Waals surface area contributed by atoms with Crippen molar-refractivity contribution in [3.8, 4) is 0 Å². The van der Waals surface area contributed by atoms with Gasteiger partial charge in [0.15, 0.2) is 5.96 Å². The first-order chi connectivity index (χ1) is 13.9. The van der Waals surface area contributed by atoms with Crippen molar-refractivity contribution in [1.29, 1.82) is 0 Å². The lowest BCUT2D eigenvalue weighted by atomic mass is 10.2. The van der Waals surface area contributed by atoms with E-state index in [1.807, 2.05) is 20.0 Å². The van der Waals surface area contributed by atoms with Gasteiger partial charge >= 0.3 is 0 Å². The summed E-state index contributed by atoms with van der Waals surface area (Å²) in [7, 11) is 0. The Labute approximate surface area is 200 Å². The Morgan fingerprint density at radius 3 is 2.53 bits per heavy atom. The first-order valence-corrected chi connectivity index (χ1v) is 11.1. The normalized spacial score (nSPS) is 19.4. The van der Waals surface area contributed by atoms with Gasteiger partial charge in [0.05, 0.1) is 36.0 Å². The molecule has 0 aliphatic carbocycles. The molecule has 30 heavy (non-hydrogen) atoms. The number of nitrogens with zero attached hydrogens (tertiary/aromatic N) is 4. The average molecular weight is 545 g/mol. The number of aromatic nitrogens is 2. The van der Waals surface area contributed by atoms with Gasteiger partial charge in [0.2, 0.25) is 0 Å². The number of anilines is 1.